The van der Waals surface area contributed by atoms with Crippen LogP contribution in [0.4, 0.5) is 0 Å². The average molecular weight is 420 g/mol. The molecule has 7 heteroatoms. The highest BCUT2D eigenvalue weighted by Gasteiger charge is 2.09. The number of nitrogens with one attached hydrogen (secondary N) is 2. The standard InChI is InChI=1S/C14H20N4OS.HI/c1-10-13(11(2)19-18-10)8-17-14(15-3)16-6-4-12-5-7-20-9-12;/h5,7,9H,4,6,8H2,1-3H3,(H2,15,16,17);1H. The van der Waals surface area contributed by atoms with Crippen molar-refractivity contribution < 1.29 is 4.52 Å². The van der Waals surface area contributed by atoms with Gasteiger partial charge in [0, 0.05) is 25.7 Å². The van der Waals surface area contributed by atoms with Gasteiger partial charge in [0.2, 0.25) is 0 Å². The van der Waals surface area contributed by atoms with Gasteiger partial charge in [0.05, 0.1) is 5.69 Å². The number of aromatic nitrogens is 1. The number of hydrogen-bond donors (Lipinski definition) is 2. The van der Waals surface area contributed by atoms with Crippen molar-refractivity contribution in [2.24, 2.45) is 4.99 Å². The highest BCUT2D eigenvalue weighted by molar-refractivity contribution is 14.0. The SMILES string of the molecule is CN=C(NCCc1ccsc1)NCc1c(C)noc1C.I. The van der Waals surface area contributed by atoms with E-state index in [9.17, 15) is 0 Å². The van der Waals surface area contributed by atoms with Gasteiger partial charge in [0.1, 0.15) is 5.76 Å². The number of halogens is 1. The van der Waals surface area contributed by atoms with Crippen molar-refractivity contribution in [2.45, 2.75) is 26.8 Å². The largest absolute Gasteiger partial charge is 0.361 e. The van der Waals surface area contributed by atoms with Crippen LogP contribution in [0.1, 0.15) is 22.6 Å². The molecule has 0 aliphatic carbocycles. The van der Waals surface area contributed by atoms with E-state index in [0.717, 1.165) is 35.9 Å². The summed E-state index contributed by atoms with van der Waals surface area (Å²) in [5.41, 5.74) is 3.36. The minimum absolute atomic E-state index is 0. The topological polar surface area (TPSA) is 62.5 Å². The lowest BCUT2D eigenvalue weighted by atomic mass is 10.2. The van der Waals surface area contributed by atoms with Gasteiger partial charge in [-0.25, -0.2) is 0 Å². The van der Waals surface area contributed by atoms with Gasteiger partial charge in [-0.2, -0.15) is 11.3 Å². The van der Waals surface area contributed by atoms with Crippen molar-refractivity contribution in [2.75, 3.05) is 13.6 Å². The van der Waals surface area contributed by atoms with Crippen LogP contribution >= 0.6 is 35.3 Å². The Hall–Kier alpha value is -1.09. The van der Waals surface area contributed by atoms with Gasteiger partial charge in [-0.05, 0) is 42.7 Å². The van der Waals surface area contributed by atoms with Gasteiger partial charge in [0.15, 0.2) is 5.96 Å². The first-order chi connectivity index (χ1) is 9.70. The maximum Gasteiger partial charge on any atom is 0.191 e. The summed E-state index contributed by atoms with van der Waals surface area (Å²) in [5, 5.41) is 14.8. The molecular formula is C14H21IN4OS. The van der Waals surface area contributed by atoms with E-state index in [1.165, 1.54) is 5.56 Å². The summed E-state index contributed by atoms with van der Waals surface area (Å²) >= 11 is 1.72. The van der Waals surface area contributed by atoms with Gasteiger partial charge in [-0.3, -0.25) is 4.99 Å². The number of rotatable bonds is 5. The summed E-state index contributed by atoms with van der Waals surface area (Å²) < 4.78 is 5.14. The summed E-state index contributed by atoms with van der Waals surface area (Å²) in [4.78, 5) is 4.21. The first-order valence-electron chi connectivity index (χ1n) is 6.58. The maximum atomic E-state index is 5.14. The summed E-state index contributed by atoms with van der Waals surface area (Å²) in [7, 11) is 1.77. The fraction of sp³-hybridized carbons (Fsp3) is 0.429. The van der Waals surface area contributed by atoms with Crippen LogP contribution in [-0.4, -0.2) is 24.7 Å². The molecule has 2 N–H and O–H groups in total. The minimum atomic E-state index is 0. The Kier molecular flexibility index (Phi) is 7.73. The van der Waals surface area contributed by atoms with Crippen molar-refractivity contribution >= 4 is 41.3 Å². The Balaban J connectivity index is 0.00000220. The Morgan fingerprint density at radius 3 is 2.76 bits per heavy atom. The normalized spacial score (nSPS) is 11.1. The third-order valence-electron chi connectivity index (χ3n) is 3.12. The fourth-order valence-corrected chi connectivity index (χ4v) is 2.61. The molecule has 0 aromatic carbocycles. The van der Waals surface area contributed by atoms with Crippen molar-refractivity contribution in [1.29, 1.82) is 0 Å². The first kappa shape index (κ1) is 18.0. The highest BCUT2D eigenvalue weighted by Crippen LogP contribution is 2.11. The number of thiophene rings is 1. The molecule has 0 aliphatic heterocycles. The predicted molar refractivity (Wildman–Crippen MR) is 97.6 cm³/mol. The summed E-state index contributed by atoms with van der Waals surface area (Å²) in [6.07, 6.45) is 0.996. The monoisotopic (exact) mass is 420 g/mol. The molecule has 0 amide bonds. The van der Waals surface area contributed by atoms with Crippen molar-refractivity contribution in [3.63, 3.8) is 0 Å². The van der Waals surface area contributed by atoms with E-state index in [-0.39, 0.29) is 24.0 Å². The van der Waals surface area contributed by atoms with E-state index in [1.54, 1.807) is 18.4 Å². The molecule has 0 radical (unpaired) electrons. The number of hydrogen-bond acceptors (Lipinski definition) is 4. The Morgan fingerprint density at radius 1 is 1.38 bits per heavy atom. The van der Waals surface area contributed by atoms with E-state index >= 15 is 0 Å². The van der Waals surface area contributed by atoms with Crippen molar-refractivity contribution in [1.82, 2.24) is 15.8 Å². The summed E-state index contributed by atoms with van der Waals surface area (Å²) in [5.74, 6) is 1.64. The molecule has 116 valence electrons. The van der Waals surface area contributed by atoms with Crippen LogP contribution in [0.25, 0.3) is 0 Å². The Bertz CT molecular complexity index is 546. The number of nitrogens with zero attached hydrogens (tertiary/aromatic N) is 2. The highest BCUT2D eigenvalue weighted by atomic mass is 127. The second-order valence-electron chi connectivity index (χ2n) is 4.54. The molecule has 0 saturated heterocycles. The number of aryl methyl sites for hydroxylation is 2. The van der Waals surface area contributed by atoms with Crippen LogP contribution in [0.2, 0.25) is 0 Å². The van der Waals surface area contributed by atoms with Gasteiger partial charge < -0.3 is 15.2 Å². The fourth-order valence-electron chi connectivity index (χ4n) is 1.91. The predicted octanol–water partition coefficient (Wildman–Crippen LogP) is 2.88. The van der Waals surface area contributed by atoms with Gasteiger partial charge in [-0.1, -0.05) is 5.16 Å². The lowest BCUT2D eigenvalue weighted by Crippen LogP contribution is -2.38. The van der Waals surface area contributed by atoms with Crippen molar-refractivity contribution in [3.8, 4) is 0 Å². The second kappa shape index (κ2) is 9.04. The molecule has 5 nitrogen and oxygen atoms in total. The minimum Gasteiger partial charge on any atom is -0.361 e. The molecule has 0 unspecified atom stereocenters. The molecule has 2 aromatic rings. The summed E-state index contributed by atoms with van der Waals surface area (Å²) in [6.45, 7) is 5.39. The van der Waals surface area contributed by atoms with Crippen LogP contribution < -0.4 is 10.6 Å². The van der Waals surface area contributed by atoms with E-state index < -0.39 is 0 Å². The third-order valence-corrected chi connectivity index (χ3v) is 3.86. The zero-order chi connectivity index (χ0) is 14.4. The van der Waals surface area contributed by atoms with E-state index in [2.05, 4.69) is 37.6 Å². The zero-order valence-corrected chi connectivity index (χ0v) is 15.6. The Labute approximate surface area is 146 Å². The molecule has 0 bridgehead atoms. The molecule has 0 spiro atoms. The molecule has 21 heavy (non-hydrogen) atoms. The maximum absolute atomic E-state index is 5.14. The molecule has 2 aromatic heterocycles. The van der Waals surface area contributed by atoms with Crippen LogP contribution in [0.3, 0.4) is 0 Å². The molecule has 0 aliphatic rings. The van der Waals surface area contributed by atoms with E-state index in [1.807, 2.05) is 13.8 Å². The lowest BCUT2D eigenvalue weighted by Gasteiger charge is -2.11. The Morgan fingerprint density at radius 2 is 2.19 bits per heavy atom. The second-order valence-corrected chi connectivity index (χ2v) is 5.32. The lowest BCUT2D eigenvalue weighted by molar-refractivity contribution is 0.392. The van der Waals surface area contributed by atoms with Crippen molar-refractivity contribution in [3.05, 3.63) is 39.4 Å². The van der Waals surface area contributed by atoms with Gasteiger partial charge in [0.25, 0.3) is 0 Å². The smallest absolute Gasteiger partial charge is 0.191 e. The molecule has 0 saturated carbocycles. The van der Waals surface area contributed by atoms with Crippen LogP contribution in [0.5, 0.6) is 0 Å². The molecule has 2 heterocycles. The molecule has 2 rings (SSSR count). The molecule has 0 fully saturated rings. The number of guanidine groups is 1. The van der Waals surface area contributed by atoms with Gasteiger partial charge in [-0.15, -0.1) is 24.0 Å². The quantitative estimate of drug-likeness (QED) is 0.444. The molecule has 0 atom stereocenters. The van der Waals surface area contributed by atoms with Crippen LogP contribution in [-0.2, 0) is 13.0 Å². The molecular weight excluding hydrogens is 399 g/mol. The number of aliphatic imine (C=N–C) groups is 1. The van der Waals surface area contributed by atoms with E-state index in [4.69, 9.17) is 4.52 Å². The van der Waals surface area contributed by atoms with Crippen LogP contribution in [0.15, 0.2) is 26.3 Å². The first-order valence-corrected chi connectivity index (χ1v) is 7.52. The summed E-state index contributed by atoms with van der Waals surface area (Å²) in [6, 6.07) is 2.15. The third kappa shape index (κ3) is 5.31. The van der Waals surface area contributed by atoms with Crippen LogP contribution in [0, 0.1) is 13.8 Å². The average Bonchev–Trinajstić information content (AvgIpc) is 3.06. The van der Waals surface area contributed by atoms with Gasteiger partial charge >= 0.3 is 0 Å². The zero-order valence-electron chi connectivity index (χ0n) is 12.5. The van der Waals surface area contributed by atoms with E-state index in [0.29, 0.717) is 6.54 Å².